The van der Waals surface area contributed by atoms with E-state index < -0.39 is 0 Å². The standard InChI is InChI=1S/C21H23NO5/c1-4-5-14(20(23)15-6-7-17(24-2)16(22)11-15)8-13-9-18(25-3)21-19(10-13)26-12-27-21/h6-11H,4-5,12,22H2,1-3H3. The summed E-state index contributed by atoms with van der Waals surface area (Å²) < 4.78 is 21.4. The molecular formula is C21H23NO5. The third-order valence-corrected chi connectivity index (χ3v) is 4.32. The summed E-state index contributed by atoms with van der Waals surface area (Å²) in [6, 6.07) is 8.75. The number of carbonyl (C=O) groups excluding carboxylic acids is 1. The number of methoxy groups -OCH3 is 2. The van der Waals surface area contributed by atoms with Crippen molar-refractivity contribution in [3.8, 4) is 23.0 Å². The highest BCUT2D eigenvalue weighted by Gasteiger charge is 2.20. The first-order valence-electron chi connectivity index (χ1n) is 8.73. The van der Waals surface area contributed by atoms with Gasteiger partial charge in [-0.3, -0.25) is 4.79 Å². The predicted octanol–water partition coefficient (Wildman–Crippen LogP) is 4.08. The van der Waals surface area contributed by atoms with E-state index in [4.69, 9.17) is 24.7 Å². The number of Topliss-reactive ketones (excluding diaryl/α,β-unsaturated/α-hetero) is 1. The quantitative estimate of drug-likeness (QED) is 0.450. The molecule has 2 aromatic carbocycles. The molecule has 6 nitrogen and oxygen atoms in total. The average molecular weight is 369 g/mol. The number of carbonyl (C=O) groups is 1. The van der Waals surface area contributed by atoms with Crippen LogP contribution in [0.15, 0.2) is 35.9 Å². The Kier molecular flexibility index (Phi) is 5.54. The van der Waals surface area contributed by atoms with Crippen molar-refractivity contribution < 1.29 is 23.7 Å². The third kappa shape index (κ3) is 3.84. The van der Waals surface area contributed by atoms with E-state index in [0.717, 1.165) is 12.0 Å². The maximum Gasteiger partial charge on any atom is 0.231 e. The van der Waals surface area contributed by atoms with Crippen LogP contribution in [0.1, 0.15) is 35.7 Å². The lowest BCUT2D eigenvalue weighted by molar-refractivity contribution is 0.103. The Balaban J connectivity index is 1.98. The molecule has 1 aliphatic heterocycles. The average Bonchev–Trinajstić information content (AvgIpc) is 3.15. The second-order valence-corrected chi connectivity index (χ2v) is 6.16. The van der Waals surface area contributed by atoms with Crippen LogP contribution in [-0.4, -0.2) is 26.8 Å². The summed E-state index contributed by atoms with van der Waals surface area (Å²) in [5.74, 6) is 2.25. The smallest absolute Gasteiger partial charge is 0.231 e. The molecule has 0 aliphatic carbocycles. The maximum absolute atomic E-state index is 13.0. The summed E-state index contributed by atoms with van der Waals surface area (Å²) in [5.41, 5.74) is 8.41. The van der Waals surface area contributed by atoms with Crippen LogP contribution in [-0.2, 0) is 0 Å². The second-order valence-electron chi connectivity index (χ2n) is 6.16. The van der Waals surface area contributed by atoms with Gasteiger partial charge in [0.2, 0.25) is 12.5 Å². The SMILES string of the molecule is CCCC(=Cc1cc(OC)c2c(c1)OCO2)C(=O)c1ccc(OC)c(N)c1. The molecule has 0 radical (unpaired) electrons. The highest BCUT2D eigenvalue weighted by atomic mass is 16.7. The summed E-state index contributed by atoms with van der Waals surface area (Å²) in [5, 5.41) is 0. The first-order chi connectivity index (χ1) is 13.1. The van der Waals surface area contributed by atoms with Gasteiger partial charge in [-0.25, -0.2) is 0 Å². The van der Waals surface area contributed by atoms with Crippen molar-refractivity contribution in [2.24, 2.45) is 0 Å². The number of hydrogen-bond donors (Lipinski definition) is 1. The zero-order valence-corrected chi connectivity index (χ0v) is 15.7. The molecule has 0 atom stereocenters. The van der Waals surface area contributed by atoms with Crippen LogP contribution >= 0.6 is 0 Å². The van der Waals surface area contributed by atoms with E-state index in [9.17, 15) is 4.79 Å². The number of rotatable bonds is 7. The lowest BCUT2D eigenvalue weighted by Gasteiger charge is -2.10. The zero-order chi connectivity index (χ0) is 19.4. The molecule has 2 aromatic rings. The number of fused-ring (bicyclic) bond motifs is 1. The van der Waals surface area contributed by atoms with Gasteiger partial charge in [-0.1, -0.05) is 13.3 Å². The minimum atomic E-state index is -0.0668. The van der Waals surface area contributed by atoms with Gasteiger partial charge in [-0.2, -0.15) is 0 Å². The molecule has 27 heavy (non-hydrogen) atoms. The van der Waals surface area contributed by atoms with Gasteiger partial charge >= 0.3 is 0 Å². The minimum Gasteiger partial charge on any atom is -0.495 e. The molecule has 0 fully saturated rings. The number of allylic oxidation sites excluding steroid dienone is 1. The van der Waals surface area contributed by atoms with Crippen molar-refractivity contribution in [3.63, 3.8) is 0 Å². The van der Waals surface area contributed by atoms with Crippen molar-refractivity contribution in [1.82, 2.24) is 0 Å². The summed E-state index contributed by atoms with van der Waals surface area (Å²) in [7, 11) is 3.12. The number of benzene rings is 2. The number of ketones is 1. The third-order valence-electron chi connectivity index (χ3n) is 4.32. The Morgan fingerprint density at radius 3 is 2.59 bits per heavy atom. The van der Waals surface area contributed by atoms with Gasteiger partial charge in [0.05, 0.1) is 19.9 Å². The Morgan fingerprint density at radius 2 is 1.93 bits per heavy atom. The van der Waals surface area contributed by atoms with Gasteiger partial charge in [-0.15, -0.1) is 0 Å². The van der Waals surface area contributed by atoms with E-state index in [0.29, 0.717) is 46.2 Å². The highest BCUT2D eigenvalue weighted by molar-refractivity contribution is 6.11. The van der Waals surface area contributed by atoms with Crippen molar-refractivity contribution >= 4 is 17.5 Å². The topological polar surface area (TPSA) is 80.0 Å². The van der Waals surface area contributed by atoms with Crippen molar-refractivity contribution in [2.45, 2.75) is 19.8 Å². The number of ether oxygens (including phenoxy) is 4. The Morgan fingerprint density at radius 1 is 1.15 bits per heavy atom. The van der Waals surface area contributed by atoms with Crippen LogP contribution in [0.2, 0.25) is 0 Å². The van der Waals surface area contributed by atoms with Gasteiger partial charge in [0.25, 0.3) is 0 Å². The molecule has 2 N–H and O–H groups in total. The molecule has 142 valence electrons. The number of nitrogens with two attached hydrogens (primary N) is 1. The van der Waals surface area contributed by atoms with Crippen LogP contribution in [0.5, 0.6) is 23.0 Å². The van der Waals surface area contributed by atoms with Gasteiger partial charge in [-0.05, 0) is 48.4 Å². The maximum atomic E-state index is 13.0. The largest absolute Gasteiger partial charge is 0.495 e. The number of anilines is 1. The van der Waals surface area contributed by atoms with Crippen LogP contribution in [0.4, 0.5) is 5.69 Å². The number of nitrogen functional groups attached to an aromatic ring is 1. The second kappa shape index (κ2) is 8.03. The van der Waals surface area contributed by atoms with E-state index in [1.165, 1.54) is 0 Å². The monoisotopic (exact) mass is 369 g/mol. The van der Waals surface area contributed by atoms with Crippen molar-refractivity contribution in [3.05, 3.63) is 47.0 Å². The highest BCUT2D eigenvalue weighted by Crippen LogP contribution is 2.42. The molecule has 0 saturated carbocycles. The van der Waals surface area contributed by atoms with E-state index in [1.54, 1.807) is 32.4 Å². The van der Waals surface area contributed by atoms with Crippen LogP contribution in [0.3, 0.4) is 0 Å². The summed E-state index contributed by atoms with van der Waals surface area (Å²) >= 11 is 0. The molecule has 0 amide bonds. The fourth-order valence-corrected chi connectivity index (χ4v) is 3.02. The van der Waals surface area contributed by atoms with Crippen molar-refractivity contribution in [1.29, 1.82) is 0 Å². The molecule has 0 aromatic heterocycles. The molecule has 0 bridgehead atoms. The molecule has 1 heterocycles. The molecule has 0 saturated heterocycles. The first-order valence-corrected chi connectivity index (χ1v) is 8.73. The molecular weight excluding hydrogens is 346 g/mol. The number of hydrogen-bond acceptors (Lipinski definition) is 6. The lowest BCUT2D eigenvalue weighted by Crippen LogP contribution is -2.05. The van der Waals surface area contributed by atoms with E-state index in [-0.39, 0.29) is 12.6 Å². The van der Waals surface area contributed by atoms with Gasteiger partial charge in [0, 0.05) is 11.1 Å². The van der Waals surface area contributed by atoms with E-state index in [2.05, 4.69) is 0 Å². The normalized spacial score (nSPS) is 12.8. The zero-order valence-electron chi connectivity index (χ0n) is 15.7. The predicted molar refractivity (Wildman–Crippen MR) is 104 cm³/mol. The van der Waals surface area contributed by atoms with Crippen LogP contribution in [0.25, 0.3) is 6.08 Å². The fourth-order valence-electron chi connectivity index (χ4n) is 3.02. The van der Waals surface area contributed by atoms with Crippen LogP contribution < -0.4 is 24.7 Å². The van der Waals surface area contributed by atoms with Crippen molar-refractivity contribution in [2.75, 3.05) is 26.7 Å². The molecule has 3 rings (SSSR count). The van der Waals surface area contributed by atoms with E-state index >= 15 is 0 Å². The Labute approximate surface area is 158 Å². The Bertz CT molecular complexity index is 888. The summed E-state index contributed by atoms with van der Waals surface area (Å²) in [6.45, 7) is 2.19. The molecule has 0 unspecified atom stereocenters. The summed E-state index contributed by atoms with van der Waals surface area (Å²) in [4.78, 5) is 13.0. The van der Waals surface area contributed by atoms with Gasteiger partial charge in [0.15, 0.2) is 17.3 Å². The van der Waals surface area contributed by atoms with Gasteiger partial charge in [0.1, 0.15) is 5.75 Å². The molecule has 0 spiro atoms. The fraction of sp³-hybridized carbons (Fsp3) is 0.286. The van der Waals surface area contributed by atoms with Crippen LogP contribution in [0, 0.1) is 0 Å². The minimum absolute atomic E-state index is 0.0668. The van der Waals surface area contributed by atoms with E-state index in [1.807, 2.05) is 25.1 Å². The van der Waals surface area contributed by atoms with Gasteiger partial charge < -0.3 is 24.7 Å². The summed E-state index contributed by atoms with van der Waals surface area (Å²) in [6.07, 6.45) is 3.34. The first kappa shape index (κ1) is 18.6. The lowest BCUT2D eigenvalue weighted by atomic mass is 9.96. The molecule has 6 heteroatoms. The molecule has 1 aliphatic rings. The Hall–Kier alpha value is -3.15.